The number of likely N-dealkylation sites (tertiary alicyclic amines) is 1. The van der Waals surface area contributed by atoms with Gasteiger partial charge in [-0.1, -0.05) is 58.4 Å². The molecule has 1 aliphatic heterocycles. The summed E-state index contributed by atoms with van der Waals surface area (Å²) in [6.07, 6.45) is 0. The number of carbonyl (C=O) groups is 2. The van der Waals surface area contributed by atoms with Gasteiger partial charge >= 0.3 is 0 Å². The lowest BCUT2D eigenvalue weighted by atomic mass is 9.95. The molecule has 6 nitrogen and oxygen atoms in total. The van der Waals surface area contributed by atoms with Gasteiger partial charge in [-0.3, -0.25) is 9.59 Å². The van der Waals surface area contributed by atoms with Crippen LogP contribution in [0.1, 0.15) is 17.2 Å². The van der Waals surface area contributed by atoms with E-state index in [1.807, 2.05) is 30.3 Å². The number of benzene rings is 2. The summed E-state index contributed by atoms with van der Waals surface area (Å²) in [5.41, 5.74) is 1.24. The van der Waals surface area contributed by atoms with Crippen LogP contribution < -0.4 is 0 Å². The van der Waals surface area contributed by atoms with Crippen molar-refractivity contribution in [2.45, 2.75) is 6.04 Å². The summed E-state index contributed by atoms with van der Waals surface area (Å²) in [6.45, 7) is 0.375. The molecule has 3 rings (SSSR count). The zero-order valence-corrected chi connectivity index (χ0v) is 16.6. The Labute approximate surface area is 171 Å². The highest BCUT2D eigenvalue weighted by molar-refractivity contribution is 9.10. The summed E-state index contributed by atoms with van der Waals surface area (Å²) in [4.78, 5) is 26.8. The second kappa shape index (κ2) is 9.14. The molecule has 1 saturated heterocycles. The lowest BCUT2D eigenvalue weighted by Gasteiger charge is -2.25. The van der Waals surface area contributed by atoms with Crippen LogP contribution in [0, 0.1) is 0 Å². The predicted molar refractivity (Wildman–Crippen MR) is 107 cm³/mol. The Balaban J connectivity index is 2.03. The Morgan fingerprint density at radius 2 is 1.71 bits per heavy atom. The SMILES string of the molecule is O=C1C(=O)N(CCOCCO)C(c2ccccc2)/C1=C(\O)c1ccc(Br)cc1. The van der Waals surface area contributed by atoms with Crippen LogP contribution in [0.2, 0.25) is 0 Å². The van der Waals surface area contributed by atoms with Crippen LogP contribution in [-0.2, 0) is 14.3 Å². The number of Topliss-reactive ketones (excluding diaryl/α,β-unsaturated/α-hetero) is 1. The van der Waals surface area contributed by atoms with E-state index in [2.05, 4.69) is 15.9 Å². The van der Waals surface area contributed by atoms with Crippen molar-refractivity contribution in [2.24, 2.45) is 0 Å². The fourth-order valence-corrected chi connectivity index (χ4v) is 3.45. The summed E-state index contributed by atoms with van der Waals surface area (Å²) in [5.74, 6) is -1.62. The summed E-state index contributed by atoms with van der Waals surface area (Å²) < 4.78 is 6.11. The smallest absolute Gasteiger partial charge is 0.295 e. The van der Waals surface area contributed by atoms with Gasteiger partial charge in [0.25, 0.3) is 11.7 Å². The molecule has 146 valence electrons. The van der Waals surface area contributed by atoms with E-state index in [9.17, 15) is 14.7 Å². The molecule has 1 aliphatic rings. The van der Waals surface area contributed by atoms with Crippen molar-refractivity contribution < 1.29 is 24.5 Å². The minimum Gasteiger partial charge on any atom is -0.507 e. The minimum absolute atomic E-state index is 0.0562. The molecule has 0 saturated carbocycles. The number of hydrogen-bond acceptors (Lipinski definition) is 5. The summed E-state index contributed by atoms with van der Waals surface area (Å²) in [5, 5.41) is 19.7. The van der Waals surface area contributed by atoms with Crippen LogP contribution in [0.3, 0.4) is 0 Å². The molecular weight excluding hydrogens is 426 g/mol. The lowest BCUT2D eigenvalue weighted by molar-refractivity contribution is -0.140. The molecule has 1 unspecified atom stereocenters. The van der Waals surface area contributed by atoms with Crippen LogP contribution in [0.5, 0.6) is 0 Å². The zero-order chi connectivity index (χ0) is 20.1. The molecule has 7 heteroatoms. The Morgan fingerprint density at radius 3 is 2.36 bits per heavy atom. The van der Waals surface area contributed by atoms with Crippen LogP contribution in [-0.4, -0.2) is 53.2 Å². The molecule has 0 radical (unpaired) electrons. The number of carbonyl (C=O) groups excluding carboxylic acids is 2. The van der Waals surface area contributed by atoms with E-state index in [-0.39, 0.29) is 37.7 Å². The highest BCUT2D eigenvalue weighted by Crippen LogP contribution is 2.39. The Kier molecular flexibility index (Phi) is 6.61. The van der Waals surface area contributed by atoms with Crippen LogP contribution in [0.4, 0.5) is 0 Å². The first kappa shape index (κ1) is 20.3. The number of nitrogens with zero attached hydrogens (tertiary/aromatic N) is 1. The Bertz CT molecular complexity index is 879. The molecule has 1 fully saturated rings. The van der Waals surface area contributed by atoms with Gasteiger partial charge < -0.3 is 19.8 Å². The summed E-state index contributed by atoms with van der Waals surface area (Å²) in [6, 6.07) is 15.3. The molecule has 1 amide bonds. The average Bonchev–Trinajstić information content (AvgIpc) is 2.97. The maximum atomic E-state index is 12.8. The van der Waals surface area contributed by atoms with E-state index in [1.165, 1.54) is 4.90 Å². The molecule has 0 spiro atoms. The highest BCUT2D eigenvalue weighted by atomic mass is 79.9. The minimum atomic E-state index is -0.726. The van der Waals surface area contributed by atoms with E-state index in [0.717, 1.165) is 10.0 Å². The highest BCUT2D eigenvalue weighted by Gasteiger charge is 2.45. The fourth-order valence-electron chi connectivity index (χ4n) is 3.19. The van der Waals surface area contributed by atoms with Gasteiger partial charge in [0.1, 0.15) is 5.76 Å². The molecule has 1 atom stereocenters. The van der Waals surface area contributed by atoms with Gasteiger partial charge in [-0.15, -0.1) is 0 Å². The fraction of sp³-hybridized carbons (Fsp3) is 0.238. The molecule has 2 N–H and O–H groups in total. The number of hydrogen-bond donors (Lipinski definition) is 2. The molecule has 28 heavy (non-hydrogen) atoms. The number of aliphatic hydroxyl groups excluding tert-OH is 2. The number of ketones is 1. The normalized spacial score (nSPS) is 18.6. The van der Waals surface area contributed by atoms with Gasteiger partial charge in [-0.2, -0.15) is 0 Å². The standard InChI is InChI=1S/C21H20BrNO5/c22-16-8-6-15(7-9-16)19(25)17-18(14-4-2-1-3-5-14)23(21(27)20(17)26)10-12-28-13-11-24/h1-9,18,24-25H,10-13H2/b19-17+. The first-order valence-corrected chi connectivity index (χ1v) is 9.61. The number of aliphatic hydroxyl groups is 2. The van der Waals surface area contributed by atoms with Gasteiger partial charge in [-0.05, 0) is 17.7 Å². The third-order valence-corrected chi connectivity index (χ3v) is 5.01. The van der Waals surface area contributed by atoms with Crippen LogP contribution in [0.25, 0.3) is 5.76 Å². The molecule has 1 heterocycles. The van der Waals surface area contributed by atoms with Crippen molar-refractivity contribution in [3.8, 4) is 0 Å². The van der Waals surface area contributed by atoms with Crippen LogP contribution in [0.15, 0.2) is 64.6 Å². The Morgan fingerprint density at radius 1 is 1.04 bits per heavy atom. The van der Waals surface area contributed by atoms with Gasteiger partial charge in [0.2, 0.25) is 0 Å². The maximum Gasteiger partial charge on any atom is 0.295 e. The quantitative estimate of drug-likeness (QED) is 0.296. The van der Waals surface area contributed by atoms with Crippen LogP contribution >= 0.6 is 15.9 Å². The molecule has 0 bridgehead atoms. The topological polar surface area (TPSA) is 87.1 Å². The predicted octanol–water partition coefficient (Wildman–Crippen LogP) is 2.88. The van der Waals surface area contributed by atoms with E-state index >= 15 is 0 Å². The first-order valence-electron chi connectivity index (χ1n) is 8.82. The third kappa shape index (κ3) is 4.16. The number of halogens is 1. The van der Waals surface area contributed by atoms with Crippen molar-refractivity contribution in [1.82, 2.24) is 4.90 Å². The summed E-state index contributed by atoms with van der Waals surface area (Å²) >= 11 is 3.34. The van der Waals surface area contributed by atoms with Gasteiger partial charge in [0, 0.05) is 16.6 Å². The second-order valence-electron chi connectivity index (χ2n) is 6.25. The maximum absolute atomic E-state index is 12.8. The molecular formula is C21H20BrNO5. The van der Waals surface area contributed by atoms with Gasteiger partial charge in [0.15, 0.2) is 0 Å². The van der Waals surface area contributed by atoms with Crippen molar-refractivity contribution >= 4 is 33.4 Å². The van der Waals surface area contributed by atoms with E-state index in [1.54, 1.807) is 24.3 Å². The third-order valence-electron chi connectivity index (χ3n) is 4.49. The zero-order valence-electron chi connectivity index (χ0n) is 15.0. The Hall–Kier alpha value is -2.48. The molecule has 2 aromatic carbocycles. The number of rotatable bonds is 7. The van der Waals surface area contributed by atoms with Crippen molar-refractivity contribution in [2.75, 3.05) is 26.4 Å². The largest absolute Gasteiger partial charge is 0.507 e. The average molecular weight is 446 g/mol. The molecule has 2 aromatic rings. The van der Waals surface area contributed by atoms with Crippen molar-refractivity contribution in [1.29, 1.82) is 0 Å². The van der Waals surface area contributed by atoms with E-state index in [0.29, 0.717) is 5.56 Å². The lowest BCUT2D eigenvalue weighted by Crippen LogP contribution is -2.33. The van der Waals surface area contributed by atoms with Gasteiger partial charge in [-0.25, -0.2) is 0 Å². The summed E-state index contributed by atoms with van der Waals surface area (Å²) in [7, 11) is 0. The van der Waals surface area contributed by atoms with Crippen molar-refractivity contribution in [3.63, 3.8) is 0 Å². The molecule has 0 aromatic heterocycles. The van der Waals surface area contributed by atoms with E-state index in [4.69, 9.17) is 9.84 Å². The second-order valence-corrected chi connectivity index (χ2v) is 7.16. The van der Waals surface area contributed by atoms with Crippen molar-refractivity contribution in [3.05, 3.63) is 75.8 Å². The first-order chi connectivity index (χ1) is 13.5. The number of amides is 1. The monoisotopic (exact) mass is 445 g/mol. The molecule has 0 aliphatic carbocycles. The van der Waals surface area contributed by atoms with Gasteiger partial charge in [0.05, 0.1) is 31.4 Å². The number of ether oxygens (including phenoxy) is 1. The van der Waals surface area contributed by atoms with E-state index < -0.39 is 17.7 Å².